The highest BCUT2D eigenvalue weighted by atomic mass is 32.1. The van der Waals surface area contributed by atoms with Crippen LogP contribution in [-0.2, 0) is 0 Å². The van der Waals surface area contributed by atoms with Crippen molar-refractivity contribution in [1.82, 2.24) is 39.0 Å². The van der Waals surface area contributed by atoms with Crippen molar-refractivity contribution < 1.29 is 13.3 Å². The topological polar surface area (TPSA) is 127 Å². The minimum absolute atomic E-state index is 0.582. The van der Waals surface area contributed by atoms with Crippen molar-refractivity contribution in [2.75, 3.05) is 0 Å². The second-order valence-electron chi connectivity index (χ2n) is 27.2. The van der Waals surface area contributed by atoms with E-state index in [9.17, 15) is 0 Å². The molecular formula is C96H56N8O3S. The van der Waals surface area contributed by atoms with Crippen LogP contribution in [0.2, 0.25) is 0 Å². The lowest BCUT2D eigenvalue weighted by atomic mass is 9.98. The van der Waals surface area contributed by atoms with E-state index in [-0.39, 0.29) is 0 Å². The summed E-state index contributed by atoms with van der Waals surface area (Å²) in [7, 11) is 0. The summed E-state index contributed by atoms with van der Waals surface area (Å²) in [6.45, 7) is 0. The Morgan fingerprint density at radius 2 is 0.602 bits per heavy atom. The molecule has 0 spiro atoms. The third-order valence-corrected chi connectivity index (χ3v) is 22.2. The molecule has 23 aromatic rings. The first-order valence-electron chi connectivity index (χ1n) is 36.0. The zero-order valence-electron chi connectivity index (χ0n) is 57.5. The molecule has 15 aromatic carbocycles. The van der Waals surface area contributed by atoms with Crippen molar-refractivity contribution in [3.8, 4) is 90.8 Å². The van der Waals surface area contributed by atoms with E-state index in [1.54, 1.807) is 11.3 Å². The lowest BCUT2D eigenvalue weighted by molar-refractivity contribution is 0.668. The van der Waals surface area contributed by atoms with Crippen LogP contribution in [0.1, 0.15) is 0 Å². The molecule has 0 N–H and O–H groups in total. The molecule has 0 bridgehead atoms. The van der Waals surface area contributed by atoms with E-state index in [1.807, 2.05) is 115 Å². The zero-order valence-corrected chi connectivity index (χ0v) is 58.4. The Morgan fingerprint density at radius 3 is 1.19 bits per heavy atom. The molecule has 0 saturated heterocycles. The van der Waals surface area contributed by atoms with Crippen LogP contribution in [0.25, 0.3) is 220 Å². The van der Waals surface area contributed by atoms with Gasteiger partial charge in [0.25, 0.3) is 0 Å². The number of aromatic nitrogens is 8. The van der Waals surface area contributed by atoms with Gasteiger partial charge in [0.05, 0.1) is 22.1 Å². The second kappa shape index (κ2) is 24.6. The summed E-state index contributed by atoms with van der Waals surface area (Å²) in [6, 6.07) is 118. The fourth-order valence-corrected chi connectivity index (χ4v) is 17.3. The van der Waals surface area contributed by atoms with E-state index in [4.69, 9.17) is 43.2 Å². The summed E-state index contributed by atoms with van der Waals surface area (Å²) in [5.74, 6) is 3.65. The predicted octanol–water partition coefficient (Wildman–Crippen LogP) is 25.7. The molecule has 12 heteroatoms. The van der Waals surface area contributed by atoms with Crippen molar-refractivity contribution in [2.45, 2.75) is 0 Å². The first-order valence-corrected chi connectivity index (χ1v) is 36.8. The number of furan rings is 3. The molecular weight excluding hydrogens is 1350 g/mol. The molecule has 0 unspecified atom stereocenters. The number of hydrogen-bond donors (Lipinski definition) is 0. The van der Waals surface area contributed by atoms with Crippen LogP contribution in [0, 0.1) is 0 Å². The highest BCUT2D eigenvalue weighted by Gasteiger charge is 2.24. The molecule has 0 aliphatic heterocycles. The van der Waals surface area contributed by atoms with Crippen LogP contribution in [0.15, 0.2) is 353 Å². The molecule has 0 aliphatic rings. The van der Waals surface area contributed by atoms with Crippen molar-refractivity contribution in [3.05, 3.63) is 340 Å². The van der Waals surface area contributed by atoms with Gasteiger partial charge in [-0.3, -0.25) is 4.57 Å². The van der Waals surface area contributed by atoms with Gasteiger partial charge in [-0.2, -0.15) is 9.97 Å². The maximum atomic E-state index is 6.26. The molecule has 0 atom stereocenters. The lowest BCUT2D eigenvalue weighted by Crippen LogP contribution is -2.06. The Hall–Kier alpha value is -14.5. The van der Waals surface area contributed by atoms with Gasteiger partial charge in [0.2, 0.25) is 5.95 Å². The summed E-state index contributed by atoms with van der Waals surface area (Å²) in [5, 5.41) is 13.6. The van der Waals surface area contributed by atoms with Crippen LogP contribution in [0.5, 0.6) is 0 Å². The molecule has 0 aliphatic carbocycles. The van der Waals surface area contributed by atoms with Crippen LogP contribution < -0.4 is 0 Å². The number of para-hydroxylation sites is 5. The van der Waals surface area contributed by atoms with Gasteiger partial charge < -0.3 is 17.8 Å². The van der Waals surface area contributed by atoms with Crippen LogP contribution >= 0.6 is 11.3 Å². The average Bonchev–Trinajstić information content (AvgIpc) is 1.58. The molecule has 0 saturated carbocycles. The molecule has 11 nitrogen and oxygen atoms in total. The zero-order chi connectivity index (χ0) is 70.9. The molecule has 8 aromatic heterocycles. The summed E-state index contributed by atoms with van der Waals surface area (Å²) in [4.78, 5) is 31.0. The van der Waals surface area contributed by atoms with E-state index in [1.165, 1.54) is 30.9 Å². The average molecular weight is 1400 g/mol. The number of thiophene rings is 1. The van der Waals surface area contributed by atoms with Gasteiger partial charge in [-0.25, -0.2) is 19.9 Å². The normalized spacial score (nSPS) is 11.9. The molecule has 0 radical (unpaired) electrons. The third-order valence-electron chi connectivity index (χ3n) is 20.9. The maximum absolute atomic E-state index is 6.26. The number of hydrogen-bond acceptors (Lipinski definition) is 10. The van der Waals surface area contributed by atoms with E-state index in [2.05, 4.69) is 234 Å². The van der Waals surface area contributed by atoms with Gasteiger partial charge in [-0.1, -0.05) is 243 Å². The van der Waals surface area contributed by atoms with Crippen LogP contribution in [0.3, 0.4) is 0 Å². The fourth-order valence-electron chi connectivity index (χ4n) is 16.1. The highest BCUT2D eigenvalue weighted by molar-refractivity contribution is 7.26. The summed E-state index contributed by atoms with van der Waals surface area (Å²) < 4.78 is 25.7. The number of rotatable bonds is 9. The van der Waals surface area contributed by atoms with Gasteiger partial charge in [-0.15, -0.1) is 11.3 Å². The minimum Gasteiger partial charge on any atom is -0.456 e. The second-order valence-corrected chi connectivity index (χ2v) is 28.2. The molecule has 0 fully saturated rings. The summed E-state index contributed by atoms with van der Waals surface area (Å²) in [6.07, 6.45) is 0. The Bertz CT molecular complexity index is 7590. The summed E-state index contributed by atoms with van der Waals surface area (Å²) >= 11 is 1.78. The van der Waals surface area contributed by atoms with Crippen molar-refractivity contribution in [2.24, 2.45) is 0 Å². The monoisotopic (exact) mass is 1400 g/mol. The maximum Gasteiger partial charge on any atom is 0.238 e. The predicted molar refractivity (Wildman–Crippen MR) is 441 cm³/mol. The van der Waals surface area contributed by atoms with E-state index < -0.39 is 0 Å². The number of nitrogens with zero attached hydrogens (tertiary/aromatic N) is 8. The van der Waals surface area contributed by atoms with Gasteiger partial charge in [0.1, 0.15) is 33.5 Å². The molecule has 108 heavy (non-hydrogen) atoms. The molecule has 23 rings (SSSR count). The van der Waals surface area contributed by atoms with E-state index >= 15 is 0 Å². The summed E-state index contributed by atoms with van der Waals surface area (Å²) in [5.41, 5.74) is 19.7. The fraction of sp³-hybridized carbons (Fsp3) is 0. The lowest BCUT2D eigenvalue weighted by Gasteiger charge is -2.12. The standard InChI is InChI=1S/C51H30N4O2.C45H26N4OS/c1-2-13-31(14-3-1)49-52-50(54-51(53-49)39-21-12-26-46-48(39)38-19-6-9-24-44(38)57-46)33-15-10-16-34(29-33)55-41-22-7-4-17-36(41)40-30-32(27-28-42(40)55)35-20-11-25-45-47(35)37-18-5-8-23-43(37)56-45;1-2-12-27(13-3-1)43-46-44(34-19-10-18-32-31-15-6-9-23-40(31)51-42(32)34)48-45(47-43)49-36-20-7-4-14-30(36)35-26-28(24-25-37(35)49)29-17-11-22-39-41(29)33-16-5-8-21-38(33)50-39/h1-30H;1-26H. The van der Waals surface area contributed by atoms with Gasteiger partial charge in [0.15, 0.2) is 29.1 Å². The van der Waals surface area contributed by atoms with E-state index in [0.717, 1.165) is 154 Å². The van der Waals surface area contributed by atoms with Crippen molar-refractivity contribution in [3.63, 3.8) is 0 Å². The third kappa shape index (κ3) is 9.88. The number of benzene rings is 15. The molecule has 504 valence electrons. The van der Waals surface area contributed by atoms with Crippen LogP contribution in [-0.4, -0.2) is 39.0 Å². The van der Waals surface area contributed by atoms with Gasteiger partial charge in [0, 0.05) is 108 Å². The van der Waals surface area contributed by atoms with Gasteiger partial charge >= 0.3 is 0 Å². The van der Waals surface area contributed by atoms with Crippen molar-refractivity contribution >= 4 is 141 Å². The molecule has 8 heterocycles. The first kappa shape index (κ1) is 61.1. The smallest absolute Gasteiger partial charge is 0.238 e. The molecule has 0 amide bonds. The Balaban J connectivity index is 0.000000135. The van der Waals surface area contributed by atoms with E-state index in [0.29, 0.717) is 35.1 Å². The quantitative estimate of drug-likeness (QED) is 0.139. The van der Waals surface area contributed by atoms with Gasteiger partial charge in [-0.05, 0) is 119 Å². The van der Waals surface area contributed by atoms with Crippen LogP contribution in [0.4, 0.5) is 0 Å². The Labute approximate surface area is 619 Å². The van der Waals surface area contributed by atoms with Crippen molar-refractivity contribution in [1.29, 1.82) is 0 Å². The Morgan fingerprint density at radius 1 is 0.222 bits per heavy atom. The Kier molecular flexibility index (Phi) is 13.9. The minimum atomic E-state index is 0.582. The number of fused-ring (bicyclic) bond motifs is 18. The highest BCUT2D eigenvalue weighted by Crippen LogP contribution is 2.45. The first-order chi connectivity index (χ1) is 53.5. The SMILES string of the molecule is c1ccc(-c2nc(-c3cccc(-n4c5ccccc5c5cc(-c6cccc7oc8ccccc8c67)ccc54)c3)nc(-c3cccc4oc5ccccc5c34)n2)cc1.c1ccc(-c2nc(-c3cccc4c3sc3ccccc34)nc(-n3c4ccccc4c4cc(-c5cccc6oc7ccccc7c56)ccc43)n2)cc1. The largest absolute Gasteiger partial charge is 0.456 e.